The second-order valence-corrected chi connectivity index (χ2v) is 8.12. The maximum absolute atomic E-state index is 12.2. The van der Waals surface area contributed by atoms with Crippen molar-refractivity contribution in [2.24, 2.45) is 0 Å². The van der Waals surface area contributed by atoms with E-state index in [2.05, 4.69) is 10.3 Å². The number of amides is 2. The van der Waals surface area contributed by atoms with Crippen LogP contribution in [0.3, 0.4) is 0 Å². The molecule has 0 saturated carbocycles. The lowest BCUT2D eigenvalue weighted by Crippen LogP contribution is -2.39. The van der Waals surface area contributed by atoms with E-state index in [4.69, 9.17) is 9.47 Å². The van der Waals surface area contributed by atoms with E-state index in [1.54, 1.807) is 4.90 Å². The Morgan fingerprint density at radius 2 is 2.21 bits per heavy atom. The average Bonchev–Trinajstić information content (AvgIpc) is 3.13. The Morgan fingerprint density at radius 1 is 1.42 bits per heavy atom. The van der Waals surface area contributed by atoms with Gasteiger partial charge in [-0.1, -0.05) is 11.3 Å². The van der Waals surface area contributed by atoms with Gasteiger partial charge in [0.05, 0.1) is 12.2 Å². The maximum Gasteiger partial charge on any atom is 0.410 e. The van der Waals surface area contributed by atoms with E-state index in [0.29, 0.717) is 31.2 Å². The molecule has 1 aromatic heterocycles. The second kappa shape index (κ2) is 6.68. The largest absolute Gasteiger partial charge is 0.444 e. The highest BCUT2D eigenvalue weighted by Crippen LogP contribution is 2.29. The van der Waals surface area contributed by atoms with Crippen molar-refractivity contribution in [1.82, 2.24) is 9.88 Å². The van der Waals surface area contributed by atoms with Crippen molar-refractivity contribution < 1.29 is 19.1 Å². The summed E-state index contributed by atoms with van der Waals surface area (Å²) in [6.07, 6.45) is 1.65. The Labute approximate surface area is 145 Å². The smallest absolute Gasteiger partial charge is 0.410 e. The van der Waals surface area contributed by atoms with Gasteiger partial charge in [0.15, 0.2) is 5.13 Å². The van der Waals surface area contributed by atoms with Gasteiger partial charge in [-0.25, -0.2) is 9.78 Å². The summed E-state index contributed by atoms with van der Waals surface area (Å²) in [5, 5.41) is 3.41. The van der Waals surface area contributed by atoms with Crippen LogP contribution < -0.4 is 5.32 Å². The summed E-state index contributed by atoms with van der Waals surface area (Å²) in [4.78, 5) is 31.4. The molecule has 0 bridgehead atoms. The minimum Gasteiger partial charge on any atom is -0.444 e. The van der Waals surface area contributed by atoms with Crippen LogP contribution in [-0.2, 0) is 27.2 Å². The molecule has 1 atom stereocenters. The molecule has 1 aromatic rings. The first-order valence-corrected chi connectivity index (χ1v) is 9.02. The van der Waals surface area contributed by atoms with Gasteiger partial charge in [-0.3, -0.25) is 10.1 Å². The van der Waals surface area contributed by atoms with Gasteiger partial charge < -0.3 is 14.4 Å². The Morgan fingerprint density at radius 3 is 2.88 bits per heavy atom. The van der Waals surface area contributed by atoms with Crippen LogP contribution in [0.1, 0.15) is 44.2 Å². The third-order valence-electron chi connectivity index (χ3n) is 3.84. The molecule has 24 heavy (non-hydrogen) atoms. The highest BCUT2D eigenvalue weighted by Gasteiger charge is 2.29. The Hall–Kier alpha value is -1.67. The molecule has 7 nitrogen and oxygen atoms in total. The van der Waals surface area contributed by atoms with Crippen molar-refractivity contribution in [3.8, 4) is 0 Å². The van der Waals surface area contributed by atoms with Crippen molar-refractivity contribution in [3.63, 3.8) is 0 Å². The summed E-state index contributed by atoms with van der Waals surface area (Å²) < 4.78 is 10.8. The molecule has 2 amide bonds. The fraction of sp³-hybridized carbons (Fsp3) is 0.688. The lowest BCUT2D eigenvalue weighted by atomic mass is 10.2. The molecule has 1 saturated heterocycles. The highest BCUT2D eigenvalue weighted by molar-refractivity contribution is 7.15. The van der Waals surface area contributed by atoms with Gasteiger partial charge in [0.25, 0.3) is 5.91 Å². The summed E-state index contributed by atoms with van der Waals surface area (Å²) in [5.41, 5.74) is 0.438. The van der Waals surface area contributed by atoms with Crippen molar-refractivity contribution in [1.29, 1.82) is 0 Å². The van der Waals surface area contributed by atoms with Crippen molar-refractivity contribution in [2.45, 2.75) is 58.3 Å². The predicted octanol–water partition coefficient (Wildman–Crippen LogP) is 2.55. The van der Waals surface area contributed by atoms with Gasteiger partial charge in [-0.05, 0) is 33.6 Å². The number of aromatic nitrogens is 1. The molecule has 0 radical (unpaired) electrons. The zero-order valence-corrected chi connectivity index (χ0v) is 15.1. The zero-order chi connectivity index (χ0) is 17.3. The third kappa shape index (κ3) is 4.05. The Kier molecular flexibility index (Phi) is 4.78. The SMILES string of the molecule is CC(C)(C)OC(=O)N1CCc2nc(NC(=O)C3CCCO3)sc2C1. The Bertz CT molecular complexity index is 632. The third-order valence-corrected chi connectivity index (χ3v) is 4.83. The van der Waals surface area contributed by atoms with Gasteiger partial charge in [-0.2, -0.15) is 0 Å². The number of thiazole rings is 1. The molecule has 0 aromatic carbocycles. The second-order valence-electron chi connectivity index (χ2n) is 7.03. The monoisotopic (exact) mass is 353 g/mol. The van der Waals surface area contributed by atoms with Crippen LogP contribution in [0, 0.1) is 0 Å². The number of carbonyl (C=O) groups excluding carboxylic acids is 2. The van der Waals surface area contributed by atoms with Crippen LogP contribution in [-0.4, -0.2) is 46.7 Å². The standard InChI is InChI=1S/C16H23N3O4S/c1-16(2,3)23-15(21)19-7-6-10-12(9-19)24-14(17-10)18-13(20)11-5-4-8-22-11/h11H,4-9H2,1-3H3,(H,17,18,20). The summed E-state index contributed by atoms with van der Waals surface area (Å²) in [5.74, 6) is -0.136. The summed E-state index contributed by atoms with van der Waals surface area (Å²) in [6.45, 7) is 7.24. The molecule has 3 heterocycles. The number of nitrogens with zero attached hydrogens (tertiary/aromatic N) is 2. The molecule has 132 valence electrons. The lowest BCUT2D eigenvalue weighted by molar-refractivity contribution is -0.124. The molecule has 1 fully saturated rings. The molecule has 8 heteroatoms. The van der Waals surface area contributed by atoms with Crippen LogP contribution in [0.5, 0.6) is 0 Å². The van der Waals surface area contributed by atoms with Crippen LogP contribution in [0.25, 0.3) is 0 Å². The fourth-order valence-corrected chi connectivity index (χ4v) is 3.73. The van der Waals surface area contributed by atoms with Gasteiger partial charge in [0, 0.05) is 24.4 Å². The minimum absolute atomic E-state index is 0.136. The molecule has 0 aliphatic carbocycles. The van der Waals surface area contributed by atoms with Crippen LogP contribution >= 0.6 is 11.3 Å². The number of ether oxygens (including phenoxy) is 2. The van der Waals surface area contributed by atoms with Crippen LogP contribution in [0.15, 0.2) is 0 Å². The molecule has 2 aliphatic rings. The quantitative estimate of drug-likeness (QED) is 0.884. The summed E-state index contributed by atoms with van der Waals surface area (Å²) in [7, 11) is 0. The normalized spacial score (nSPS) is 20.6. The highest BCUT2D eigenvalue weighted by atomic mass is 32.1. The number of nitrogens with one attached hydrogen (secondary N) is 1. The first kappa shape index (κ1) is 17.2. The van der Waals surface area contributed by atoms with E-state index in [0.717, 1.165) is 23.4 Å². The fourth-order valence-electron chi connectivity index (χ4n) is 2.70. The number of hydrogen-bond donors (Lipinski definition) is 1. The predicted molar refractivity (Wildman–Crippen MR) is 90.1 cm³/mol. The van der Waals surface area contributed by atoms with E-state index in [1.165, 1.54) is 11.3 Å². The molecular formula is C16H23N3O4S. The molecule has 1 N–H and O–H groups in total. The van der Waals surface area contributed by atoms with Gasteiger partial charge in [0.2, 0.25) is 0 Å². The Balaban J connectivity index is 1.62. The summed E-state index contributed by atoms with van der Waals surface area (Å²) >= 11 is 1.41. The zero-order valence-electron chi connectivity index (χ0n) is 14.3. The van der Waals surface area contributed by atoms with E-state index in [9.17, 15) is 9.59 Å². The number of fused-ring (bicyclic) bond motifs is 1. The number of carbonyl (C=O) groups is 2. The van der Waals surface area contributed by atoms with E-state index >= 15 is 0 Å². The molecule has 3 rings (SSSR count). The van der Waals surface area contributed by atoms with Gasteiger partial charge in [0.1, 0.15) is 11.7 Å². The van der Waals surface area contributed by atoms with Gasteiger partial charge >= 0.3 is 6.09 Å². The number of anilines is 1. The molecular weight excluding hydrogens is 330 g/mol. The first-order valence-electron chi connectivity index (χ1n) is 8.21. The van der Waals surface area contributed by atoms with E-state index in [1.807, 2.05) is 20.8 Å². The average molecular weight is 353 g/mol. The number of hydrogen-bond acceptors (Lipinski definition) is 6. The van der Waals surface area contributed by atoms with Crippen LogP contribution in [0.2, 0.25) is 0 Å². The van der Waals surface area contributed by atoms with E-state index in [-0.39, 0.29) is 18.1 Å². The molecule has 1 unspecified atom stereocenters. The summed E-state index contributed by atoms with van der Waals surface area (Å²) in [6, 6.07) is 0. The molecule has 2 aliphatic heterocycles. The molecule has 0 spiro atoms. The topological polar surface area (TPSA) is 80.8 Å². The minimum atomic E-state index is -0.508. The van der Waals surface area contributed by atoms with Crippen molar-refractivity contribution >= 4 is 28.5 Å². The first-order chi connectivity index (χ1) is 11.3. The number of rotatable bonds is 2. The van der Waals surface area contributed by atoms with Crippen molar-refractivity contribution in [3.05, 3.63) is 10.6 Å². The van der Waals surface area contributed by atoms with Crippen LogP contribution in [0.4, 0.5) is 9.93 Å². The lowest BCUT2D eigenvalue weighted by Gasteiger charge is -2.29. The van der Waals surface area contributed by atoms with Gasteiger partial charge in [-0.15, -0.1) is 0 Å². The van der Waals surface area contributed by atoms with E-state index < -0.39 is 5.60 Å². The maximum atomic E-state index is 12.2. The van der Waals surface area contributed by atoms with Crippen molar-refractivity contribution in [2.75, 3.05) is 18.5 Å².